The van der Waals surface area contributed by atoms with Gasteiger partial charge in [-0.1, -0.05) is 42.5 Å². The van der Waals surface area contributed by atoms with Crippen molar-refractivity contribution in [2.45, 2.75) is 19.5 Å². The van der Waals surface area contributed by atoms with Crippen LogP contribution in [0.5, 0.6) is 0 Å². The summed E-state index contributed by atoms with van der Waals surface area (Å²) in [5.41, 5.74) is 1.39. The summed E-state index contributed by atoms with van der Waals surface area (Å²) in [6, 6.07) is 13.8. The van der Waals surface area contributed by atoms with E-state index < -0.39 is 29.8 Å². The van der Waals surface area contributed by atoms with Crippen molar-refractivity contribution in [1.29, 1.82) is 0 Å². The lowest BCUT2D eigenvalue weighted by Crippen LogP contribution is -2.51. The highest BCUT2D eigenvalue weighted by atomic mass is 16.2. The number of fused-ring (bicyclic) bond motifs is 1. The summed E-state index contributed by atoms with van der Waals surface area (Å²) in [6.07, 6.45) is 0. The second kappa shape index (κ2) is 7.18. The summed E-state index contributed by atoms with van der Waals surface area (Å²) >= 11 is 0. The highest BCUT2D eigenvalue weighted by molar-refractivity contribution is 6.23. The third-order valence-electron chi connectivity index (χ3n) is 4.12. The average molecular weight is 351 g/mol. The van der Waals surface area contributed by atoms with Crippen LogP contribution >= 0.6 is 0 Å². The van der Waals surface area contributed by atoms with Crippen LogP contribution in [-0.2, 0) is 11.3 Å². The van der Waals surface area contributed by atoms with Crippen LogP contribution in [0.4, 0.5) is 4.79 Å². The lowest BCUT2D eigenvalue weighted by atomic mass is 10.1. The SMILES string of the molecule is C[C@@H](C(=O)NC(=O)NCc1ccccc1)N1C(=O)c2ccccc2C1=O. The number of imide groups is 2. The van der Waals surface area contributed by atoms with Gasteiger partial charge >= 0.3 is 6.03 Å². The van der Waals surface area contributed by atoms with Gasteiger partial charge in [-0.3, -0.25) is 24.6 Å². The van der Waals surface area contributed by atoms with Crippen molar-refractivity contribution in [2.24, 2.45) is 0 Å². The Hall–Kier alpha value is -3.48. The van der Waals surface area contributed by atoms with Gasteiger partial charge in [-0.05, 0) is 24.6 Å². The molecule has 3 rings (SSSR count). The van der Waals surface area contributed by atoms with Gasteiger partial charge in [-0.2, -0.15) is 0 Å². The fourth-order valence-corrected chi connectivity index (χ4v) is 2.72. The molecular weight excluding hydrogens is 334 g/mol. The second-order valence-corrected chi connectivity index (χ2v) is 5.86. The van der Waals surface area contributed by atoms with Crippen LogP contribution in [0.25, 0.3) is 0 Å². The summed E-state index contributed by atoms with van der Waals surface area (Å²) in [7, 11) is 0. The summed E-state index contributed by atoms with van der Waals surface area (Å²) in [5, 5.41) is 4.72. The van der Waals surface area contributed by atoms with Crippen LogP contribution in [0, 0.1) is 0 Å². The maximum atomic E-state index is 12.4. The monoisotopic (exact) mass is 351 g/mol. The molecule has 0 radical (unpaired) electrons. The Labute approximate surface area is 150 Å². The summed E-state index contributed by atoms with van der Waals surface area (Å²) in [6.45, 7) is 1.66. The molecule has 0 aliphatic carbocycles. The van der Waals surface area contributed by atoms with Crippen molar-refractivity contribution in [3.63, 3.8) is 0 Å². The lowest BCUT2D eigenvalue weighted by Gasteiger charge is -2.21. The Balaban J connectivity index is 1.61. The van der Waals surface area contributed by atoms with Crippen LogP contribution in [0.3, 0.4) is 0 Å². The molecule has 1 atom stereocenters. The first kappa shape index (κ1) is 17.3. The van der Waals surface area contributed by atoms with Gasteiger partial charge in [0.15, 0.2) is 0 Å². The minimum absolute atomic E-state index is 0.251. The molecule has 7 heteroatoms. The molecule has 0 fully saturated rings. The zero-order chi connectivity index (χ0) is 18.7. The molecule has 0 aromatic heterocycles. The number of hydrogen-bond donors (Lipinski definition) is 2. The molecule has 0 saturated heterocycles. The maximum absolute atomic E-state index is 12.4. The maximum Gasteiger partial charge on any atom is 0.321 e. The average Bonchev–Trinajstić information content (AvgIpc) is 2.91. The second-order valence-electron chi connectivity index (χ2n) is 5.86. The molecule has 2 N–H and O–H groups in total. The zero-order valence-corrected chi connectivity index (χ0v) is 14.1. The Bertz CT molecular complexity index is 844. The van der Waals surface area contributed by atoms with E-state index >= 15 is 0 Å². The Morgan fingerprint density at radius 1 is 0.923 bits per heavy atom. The van der Waals surface area contributed by atoms with Crippen molar-refractivity contribution in [3.05, 3.63) is 71.3 Å². The predicted octanol–water partition coefficient (Wildman–Crippen LogP) is 1.70. The van der Waals surface area contributed by atoms with Crippen molar-refractivity contribution in [1.82, 2.24) is 15.5 Å². The number of rotatable bonds is 4. The normalized spacial score (nSPS) is 14.0. The van der Waals surface area contributed by atoms with Gasteiger partial charge in [-0.15, -0.1) is 0 Å². The molecule has 7 nitrogen and oxygen atoms in total. The topological polar surface area (TPSA) is 95.6 Å². The third-order valence-corrected chi connectivity index (χ3v) is 4.12. The van der Waals surface area contributed by atoms with Crippen LogP contribution in [0.2, 0.25) is 0 Å². The van der Waals surface area contributed by atoms with Gasteiger partial charge in [0.25, 0.3) is 17.7 Å². The Morgan fingerprint density at radius 3 is 2.04 bits per heavy atom. The van der Waals surface area contributed by atoms with Gasteiger partial charge < -0.3 is 5.32 Å². The summed E-state index contributed by atoms with van der Waals surface area (Å²) < 4.78 is 0. The summed E-state index contributed by atoms with van der Waals surface area (Å²) in [4.78, 5) is 49.8. The van der Waals surface area contributed by atoms with Crippen LogP contribution in [0.1, 0.15) is 33.2 Å². The molecule has 1 heterocycles. The lowest BCUT2D eigenvalue weighted by molar-refractivity contribution is -0.123. The molecule has 1 aliphatic heterocycles. The van der Waals surface area contributed by atoms with Gasteiger partial charge in [0.2, 0.25) is 0 Å². The molecule has 132 valence electrons. The third kappa shape index (κ3) is 3.32. The van der Waals surface area contributed by atoms with Gasteiger partial charge in [0.05, 0.1) is 11.1 Å². The smallest absolute Gasteiger partial charge is 0.321 e. The molecule has 0 saturated carbocycles. The van der Waals surface area contributed by atoms with Crippen LogP contribution in [0.15, 0.2) is 54.6 Å². The van der Waals surface area contributed by atoms with Crippen molar-refractivity contribution < 1.29 is 19.2 Å². The quantitative estimate of drug-likeness (QED) is 0.820. The Kier molecular flexibility index (Phi) is 4.79. The Morgan fingerprint density at radius 2 is 1.46 bits per heavy atom. The molecule has 26 heavy (non-hydrogen) atoms. The standard InChI is InChI=1S/C19H17N3O4/c1-12(22-17(24)14-9-5-6-10-15(14)18(22)25)16(23)21-19(26)20-11-13-7-3-2-4-8-13/h2-10,12H,11H2,1H3,(H2,20,21,23,26)/t12-/m0/s1. The summed E-state index contributed by atoms with van der Waals surface area (Å²) in [5.74, 6) is -1.82. The van der Waals surface area contributed by atoms with Gasteiger partial charge in [-0.25, -0.2) is 4.79 Å². The highest BCUT2D eigenvalue weighted by Gasteiger charge is 2.40. The number of nitrogens with one attached hydrogen (secondary N) is 2. The van der Waals surface area contributed by atoms with Crippen molar-refractivity contribution in [3.8, 4) is 0 Å². The molecule has 0 unspecified atom stereocenters. The highest BCUT2D eigenvalue weighted by Crippen LogP contribution is 2.24. The van der Waals surface area contributed by atoms with Crippen molar-refractivity contribution in [2.75, 3.05) is 0 Å². The van der Waals surface area contributed by atoms with E-state index in [1.54, 1.807) is 12.1 Å². The number of urea groups is 1. The van der Waals surface area contributed by atoms with Crippen LogP contribution in [-0.4, -0.2) is 34.7 Å². The largest absolute Gasteiger partial charge is 0.334 e. The first-order valence-electron chi connectivity index (χ1n) is 8.08. The number of carbonyl (C=O) groups is 4. The number of hydrogen-bond acceptors (Lipinski definition) is 4. The number of amides is 5. The number of benzene rings is 2. The number of nitrogens with zero attached hydrogens (tertiary/aromatic N) is 1. The van der Waals surface area contributed by atoms with E-state index in [9.17, 15) is 19.2 Å². The van der Waals surface area contributed by atoms with E-state index in [4.69, 9.17) is 0 Å². The predicted molar refractivity (Wildman–Crippen MR) is 93.2 cm³/mol. The fourth-order valence-electron chi connectivity index (χ4n) is 2.72. The molecule has 0 bridgehead atoms. The molecule has 0 spiro atoms. The van der Waals surface area contributed by atoms with E-state index in [-0.39, 0.29) is 17.7 Å². The molecule has 5 amide bonds. The van der Waals surface area contributed by atoms with E-state index in [0.29, 0.717) is 0 Å². The first-order chi connectivity index (χ1) is 12.5. The first-order valence-corrected chi connectivity index (χ1v) is 8.08. The minimum Gasteiger partial charge on any atom is -0.334 e. The van der Waals surface area contributed by atoms with E-state index in [1.165, 1.54) is 19.1 Å². The molecule has 2 aromatic rings. The molecular formula is C19H17N3O4. The fraction of sp³-hybridized carbons (Fsp3) is 0.158. The van der Waals surface area contributed by atoms with Gasteiger partial charge in [0.1, 0.15) is 6.04 Å². The number of carbonyl (C=O) groups excluding carboxylic acids is 4. The van der Waals surface area contributed by atoms with Gasteiger partial charge in [0, 0.05) is 6.54 Å². The van der Waals surface area contributed by atoms with E-state index in [0.717, 1.165) is 10.5 Å². The van der Waals surface area contributed by atoms with E-state index in [1.807, 2.05) is 30.3 Å². The van der Waals surface area contributed by atoms with E-state index in [2.05, 4.69) is 10.6 Å². The molecule has 2 aromatic carbocycles. The van der Waals surface area contributed by atoms with Crippen molar-refractivity contribution >= 4 is 23.8 Å². The minimum atomic E-state index is -1.11. The zero-order valence-electron chi connectivity index (χ0n) is 14.1. The molecule has 1 aliphatic rings. The van der Waals surface area contributed by atoms with Crippen LogP contribution < -0.4 is 10.6 Å².